The van der Waals surface area contributed by atoms with Crippen molar-refractivity contribution >= 4 is 35.2 Å². The number of nitrogens with one attached hydrogen (secondary N) is 3. The van der Waals surface area contributed by atoms with Crippen molar-refractivity contribution < 1.29 is 23.9 Å². The van der Waals surface area contributed by atoms with Gasteiger partial charge >= 0.3 is 12.0 Å². The quantitative estimate of drug-likeness (QED) is 0.233. The third-order valence-electron chi connectivity index (χ3n) is 7.07. The van der Waals surface area contributed by atoms with Crippen LogP contribution in [0, 0.1) is 0 Å². The van der Waals surface area contributed by atoms with Crippen LogP contribution < -0.4 is 20.9 Å². The maximum absolute atomic E-state index is 13.7. The molecule has 0 fully saturated rings. The standard InChI is InChI=1S/C34H32N4O5/c1-2-31(40)43-32-26-12-6-7-13-27(26)33(41)38(29-15-9-8-14-28(29)32)22-30(39)35-20-24-16-18-25(19-17-24)37-34(42)36-21-23-10-4-3-5-11-23/h3-19,32H,2,20-22H2,1H3,(H,35,39)(H2,36,37,42). The average molecular weight is 577 g/mol. The lowest BCUT2D eigenvalue weighted by Crippen LogP contribution is -2.40. The van der Waals surface area contributed by atoms with E-state index >= 15 is 0 Å². The van der Waals surface area contributed by atoms with Gasteiger partial charge in [-0.2, -0.15) is 0 Å². The van der Waals surface area contributed by atoms with Crippen molar-refractivity contribution in [2.24, 2.45) is 0 Å². The van der Waals surface area contributed by atoms with E-state index in [-0.39, 0.29) is 43.3 Å². The lowest BCUT2D eigenvalue weighted by molar-refractivity contribution is -0.147. The van der Waals surface area contributed by atoms with E-state index in [1.54, 1.807) is 61.5 Å². The highest BCUT2D eigenvalue weighted by atomic mass is 16.5. The Morgan fingerprint density at radius 3 is 2.12 bits per heavy atom. The van der Waals surface area contributed by atoms with Crippen molar-refractivity contribution in [1.29, 1.82) is 0 Å². The number of ether oxygens (including phenoxy) is 1. The number of fused-ring (bicyclic) bond motifs is 2. The number of hydrogen-bond acceptors (Lipinski definition) is 5. The zero-order chi connectivity index (χ0) is 30.2. The summed E-state index contributed by atoms with van der Waals surface area (Å²) in [6.45, 7) is 2.14. The first-order valence-corrected chi connectivity index (χ1v) is 14.1. The number of urea groups is 1. The van der Waals surface area contributed by atoms with Crippen molar-refractivity contribution in [2.75, 3.05) is 16.8 Å². The van der Waals surface area contributed by atoms with Gasteiger partial charge in [-0.1, -0.05) is 85.8 Å². The molecule has 1 unspecified atom stereocenters. The Bertz CT molecular complexity index is 1620. The monoisotopic (exact) mass is 576 g/mol. The Hall–Kier alpha value is -5.44. The number of benzene rings is 4. The molecule has 0 radical (unpaired) electrons. The molecular formula is C34H32N4O5. The van der Waals surface area contributed by atoms with Crippen LogP contribution in [0.2, 0.25) is 0 Å². The zero-order valence-electron chi connectivity index (χ0n) is 23.7. The van der Waals surface area contributed by atoms with Crippen LogP contribution in [-0.2, 0) is 27.4 Å². The summed E-state index contributed by atoms with van der Waals surface area (Å²) in [5.41, 5.74) is 4.52. The van der Waals surface area contributed by atoms with Crippen LogP contribution in [0.3, 0.4) is 0 Å². The van der Waals surface area contributed by atoms with Gasteiger partial charge in [0, 0.05) is 41.9 Å². The summed E-state index contributed by atoms with van der Waals surface area (Å²) in [4.78, 5) is 52.8. The molecule has 0 aromatic heterocycles. The fourth-order valence-corrected chi connectivity index (χ4v) is 4.86. The van der Waals surface area contributed by atoms with Gasteiger partial charge in [0.1, 0.15) is 6.54 Å². The Morgan fingerprint density at radius 1 is 0.744 bits per heavy atom. The number of carbonyl (C=O) groups excluding carboxylic acids is 4. The number of nitrogens with zero attached hydrogens (tertiary/aromatic N) is 1. The molecule has 9 heteroatoms. The molecule has 218 valence electrons. The largest absolute Gasteiger partial charge is 0.452 e. The Labute approximate surface area is 249 Å². The van der Waals surface area contributed by atoms with Crippen molar-refractivity contribution in [3.8, 4) is 0 Å². The first kappa shape index (κ1) is 29.1. The van der Waals surface area contributed by atoms with Gasteiger partial charge in [0.2, 0.25) is 5.91 Å². The highest BCUT2D eigenvalue weighted by Crippen LogP contribution is 2.39. The third kappa shape index (κ3) is 7.08. The van der Waals surface area contributed by atoms with E-state index in [4.69, 9.17) is 4.74 Å². The van der Waals surface area contributed by atoms with Crippen molar-refractivity contribution in [3.05, 3.63) is 131 Å². The van der Waals surface area contributed by atoms with Gasteiger partial charge in [0.25, 0.3) is 5.91 Å². The van der Waals surface area contributed by atoms with Gasteiger partial charge in [-0.3, -0.25) is 19.3 Å². The summed E-state index contributed by atoms with van der Waals surface area (Å²) in [6, 6.07) is 30.6. The number of carbonyl (C=O) groups is 4. The van der Waals surface area contributed by atoms with E-state index in [1.807, 2.05) is 48.5 Å². The van der Waals surface area contributed by atoms with E-state index < -0.39 is 6.10 Å². The van der Waals surface area contributed by atoms with Crippen LogP contribution in [0.15, 0.2) is 103 Å². The zero-order valence-corrected chi connectivity index (χ0v) is 23.7. The average Bonchev–Trinajstić information content (AvgIpc) is 3.13. The Kier molecular flexibility index (Phi) is 9.11. The summed E-state index contributed by atoms with van der Waals surface area (Å²) >= 11 is 0. The number of amides is 4. The van der Waals surface area contributed by atoms with Crippen LogP contribution in [-0.4, -0.2) is 30.4 Å². The molecule has 1 atom stereocenters. The van der Waals surface area contributed by atoms with Crippen LogP contribution in [0.4, 0.5) is 16.2 Å². The first-order valence-electron chi connectivity index (χ1n) is 14.1. The normalized spacial score (nSPS) is 13.7. The van der Waals surface area contributed by atoms with E-state index in [9.17, 15) is 19.2 Å². The molecule has 3 N–H and O–H groups in total. The lowest BCUT2D eigenvalue weighted by Gasteiger charge is -2.24. The van der Waals surface area contributed by atoms with E-state index in [1.165, 1.54) is 4.90 Å². The smallest absolute Gasteiger partial charge is 0.319 e. The molecule has 1 heterocycles. The lowest BCUT2D eigenvalue weighted by atomic mass is 9.97. The summed E-state index contributed by atoms with van der Waals surface area (Å²) in [6.07, 6.45) is -0.580. The molecule has 1 aliphatic rings. The van der Waals surface area contributed by atoms with Gasteiger partial charge < -0.3 is 20.7 Å². The van der Waals surface area contributed by atoms with Crippen molar-refractivity contribution in [1.82, 2.24) is 10.6 Å². The first-order chi connectivity index (χ1) is 20.9. The van der Waals surface area contributed by atoms with Crippen LogP contribution in [0.1, 0.15) is 52.1 Å². The molecule has 4 amide bonds. The fraction of sp³-hybridized carbons (Fsp3) is 0.176. The second-order valence-corrected chi connectivity index (χ2v) is 10.0. The molecule has 4 aromatic rings. The van der Waals surface area contributed by atoms with Crippen LogP contribution in [0.25, 0.3) is 0 Å². The molecule has 0 bridgehead atoms. The maximum Gasteiger partial charge on any atom is 0.319 e. The van der Waals surface area contributed by atoms with E-state index in [0.29, 0.717) is 34.6 Å². The van der Waals surface area contributed by atoms with Crippen LogP contribution >= 0.6 is 0 Å². The molecule has 0 spiro atoms. The third-order valence-corrected chi connectivity index (χ3v) is 7.07. The van der Waals surface area contributed by atoms with Gasteiger partial charge in [-0.15, -0.1) is 0 Å². The minimum absolute atomic E-state index is 0.194. The summed E-state index contributed by atoms with van der Waals surface area (Å²) < 4.78 is 5.80. The summed E-state index contributed by atoms with van der Waals surface area (Å²) in [7, 11) is 0. The molecule has 4 aromatic carbocycles. The molecule has 0 aliphatic carbocycles. The molecule has 0 saturated carbocycles. The minimum atomic E-state index is -0.774. The fourth-order valence-electron chi connectivity index (χ4n) is 4.86. The van der Waals surface area contributed by atoms with Crippen molar-refractivity contribution in [3.63, 3.8) is 0 Å². The highest BCUT2D eigenvalue weighted by Gasteiger charge is 2.34. The topological polar surface area (TPSA) is 117 Å². The molecule has 43 heavy (non-hydrogen) atoms. The molecule has 5 rings (SSSR count). The Balaban J connectivity index is 1.23. The SMILES string of the molecule is CCC(=O)OC1c2ccccc2C(=O)N(CC(=O)NCc2ccc(NC(=O)NCc3ccccc3)cc2)c2ccccc21. The van der Waals surface area contributed by atoms with E-state index in [2.05, 4.69) is 16.0 Å². The van der Waals surface area contributed by atoms with Gasteiger partial charge in [-0.25, -0.2) is 4.79 Å². The van der Waals surface area contributed by atoms with Crippen LogP contribution in [0.5, 0.6) is 0 Å². The number of esters is 1. The predicted molar refractivity (Wildman–Crippen MR) is 163 cm³/mol. The second-order valence-electron chi connectivity index (χ2n) is 10.0. The van der Waals surface area contributed by atoms with Gasteiger partial charge in [0.05, 0.1) is 5.69 Å². The maximum atomic E-state index is 13.7. The number of para-hydroxylation sites is 1. The number of anilines is 2. The number of hydrogen-bond donors (Lipinski definition) is 3. The van der Waals surface area contributed by atoms with Gasteiger partial charge in [0.15, 0.2) is 6.10 Å². The summed E-state index contributed by atoms with van der Waals surface area (Å²) in [5.74, 6) is -1.09. The summed E-state index contributed by atoms with van der Waals surface area (Å²) in [5, 5.41) is 8.48. The highest BCUT2D eigenvalue weighted by molar-refractivity contribution is 6.11. The molecule has 9 nitrogen and oxygen atoms in total. The number of rotatable bonds is 9. The predicted octanol–water partition coefficient (Wildman–Crippen LogP) is 5.33. The molecular weight excluding hydrogens is 544 g/mol. The molecule has 1 aliphatic heterocycles. The minimum Gasteiger partial charge on any atom is -0.452 e. The second kappa shape index (κ2) is 13.5. The van der Waals surface area contributed by atoms with Gasteiger partial charge in [-0.05, 0) is 35.4 Å². The Morgan fingerprint density at radius 2 is 1.37 bits per heavy atom. The molecule has 0 saturated heterocycles. The van der Waals surface area contributed by atoms with Crippen molar-refractivity contribution in [2.45, 2.75) is 32.5 Å². The van der Waals surface area contributed by atoms with E-state index in [0.717, 1.165) is 11.1 Å².